The number of allylic oxidation sites excluding steroid dienone is 7. The number of anilines is 1. The number of likely N-dealkylation sites (N-methyl/N-ethyl adjacent to an activating group) is 1. The van der Waals surface area contributed by atoms with Crippen molar-refractivity contribution in [3.8, 4) is 0 Å². The highest BCUT2D eigenvalue weighted by Crippen LogP contribution is 2.52. The van der Waals surface area contributed by atoms with Crippen molar-refractivity contribution in [2.45, 2.75) is 73.9 Å². The minimum atomic E-state index is 0.194. The van der Waals surface area contributed by atoms with Crippen molar-refractivity contribution in [1.29, 1.82) is 0 Å². The van der Waals surface area contributed by atoms with E-state index >= 15 is 0 Å². The van der Waals surface area contributed by atoms with Crippen LogP contribution in [0.25, 0.3) is 0 Å². The van der Waals surface area contributed by atoms with Gasteiger partial charge in [0.15, 0.2) is 11.9 Å². The maximum atomic E-state index is 2.52. The molecular formula is C29H39N2+. The Hall–Kier alpha value is -2.32. The average Bonchev–Trinajstić information content (AvgIpc) is 2.93. The molecular weight excluding hydrogens is 376 g/mol. The highest BCUT2D eigenvalue weighted by Gasteiger charge is 2.51. The summed E-state index contributed by atoms with van der Waals surface area (Å²) < 4.78 is 0.836. The monoisotopic (exact) mass is 415 g/mol. The predicted octanol–water partition coefficient (Wildman–Crippen LogP) is 7.60. The van der Waals surface area contributed by atoms with Gasteiger partial charge in [-0.3, -0.25) is 4.90 Å². The average molecular weight is 416 g/mol. The zero-order chi connectivity index (χ0) is 22.6. The van der Waals surface area contributed by atoms with E-state index in [9.17, 15) is 0 Å². The van der Waals surface area contributed by atoms with Crippen LogP contribution in [-0.4, -0.2) is 17.7 Å². The second kappa shape index (κ2) is 7.67. The molecule has 0 spiro atoms. The Bertz CT molecular complexity index is 1040. The van der Waals surface area contributed by atoms with E-state index in [-0.39, 0.29) is 5.41 Å². The molecule has 31 heavy (non-hydrogen) atoms. The second-order valence-corrected chi connectivity index (χ2v) is 10.3. The van der Waals surface area contributed by atoms with Gasteiger partial charge in [0.1, 0.15) is 5.70 Å². The first-order valence-corrected chi connectivity index (χ1v) is 11.9. The molecule has 2 unspecified atom stereocenters. The van der Waals surface area contributed by atoms with Crippen molar-refractivity contribution >= 4 is 5.69 Å². The number of nitrogens with zero attached hydrogens (tertiary/aromatic N) is 2. The molecule has 0 radical (unpaired) electrons. The summed E-state index contributed by atoms with van der Waals surface area (Å²) >= 11 is 0. The first-order valence-electron chi connectivity index (χ1n) is 11.9. The van der Waals surface area contributed by atoms with E-state index in [1.54, 1.807) is 5.57 Å². The van der Waals surface area contributed by atoms with Gasteiger partial charge in [0.25, 0.3) is 0 Å². The number of hydrogen-bond acceptors (Lipinski definition) is 1. The summed E-state index contributed by atoms with van der Waals surface area (Å²) in [6, 6.07) is 4.63. The normalized spacial score (nSPS) is 29.9. The molecule has 2 aliphatic heterocycles. The van der Waals surface area contributed by atoms with Crippen molar-refractivity contribution < 1.29 is 4.48 Å². The lowest BCUT2D eigenvalue weighted by atomic mass is 9.69. The van der Waals surface area contributed by atoms with Crippen LogP contribution in [0.15, 0.2) is 71.3 Å². The summed E-state index contributed by atoms with van der Waals surface area (Å²) in [5.74, 6) is 0. The molecule has 0 amide bonds. The molecule has 0 saturated carbocycles. The maximum Gasteiger partial charge on any atom is 0.175 e. The molecule has 3 atom stereocenters. The third-order valence-electron chi connectivity index (χ3n) is 7.86. The summed E-state index contributed by atoms with van der Waals surface area (Å²) in [5, 5.41) is 0. The van der Waals surface area contributed by atoms with Crippen LogP contribution in [0.3, 0.4) is 0 Å². The Morgan fingerprint density at radius 3 is 2.42 bits per heavy atom. The molecule has 1 aromatic rings. The van der Waals surface area contributed by atoms with Crippen LogP contribution < -0.4 is 4.90 Å². The summed E-state index contributed by atoms with van der Waals surface area (Å²) in [6.07, 6.45) is 17.9. The van der Waals surface area contributed by atoms with Gasteiger partial charge in [-0.2, -0.15) is 0 Å². The SMILES string of the molecule is CCC[C@@]1(C)CC=CC(C)=C1C1=CC=CC2=CN(c3c(C)cc(C)cc3C)C(C)[N+]21C. The van der Waals surface area contributed by atoms with Gasteiger partial charge in [-0.1, -0.05) is 56.2 Å². The molecule has 0 bridgehead atoms. The van der Waals surface area contributed by atoms with E-state index in [0.29, 0.717) is 6.17 Å². The zero-order valence-corrected chi connectivity index (χ0v) is 20.7. The lowest BCUT2D eigenvalue weighted by Crippen LogP contribution is -2.53. The predicted molar refractivity (Wildman–Crippen MR) is 134 cm³/mol. The van der Waals surface area contributed by atoms with Crippen molar-refractivity contribution in [1.82, 2.24) is 0 Å². The first-order chi connectivity index (χ1) is 14.6. The molecule has 0 aromatic heterocycles. The number of fused-ring (bicyclic) bond motifs is 1. The minimum absolute atomic E-state index is 0.194. The van der Waals surface area contributed by atoms with Gasteiger partial charge in [0, 0.05) is 30.1 Å². The van der Waals surface area contributed by atoms with Gasteiger partial charge in [0.2, 0.25) is 0 Å². The van der Waals surface area contributed by atoms with Crippen LogP contribution in [0.2, 0.25) is 0 Å². The summed E-state index contributed by atoms with van der Waals surface area (Å²) in [5.41, 5.74) is 11.4. The first kappa shape index (κ1) is 21.9. The Kier molecular flexibility index (Phi) is 5.42. The molecule has 0 N–H and O–H groups in total. The lowest BCUT2D eigenvalue weighted by molar-refractivity contribution is -0.847. The van der Waals surface area contributed by atoms with E-state index in [4.69, 9.17) is 0 Å². The smallest absolute Gasteiger partial charge is 0.175 e. The quantitative estimate of drug-likeness (QED) is 0.458. The molecule has 2 nitrogen and oxygen atoms in total. The highest BCUT2D eigenvalue weighted by atomic mass is 15.5. The standard InChI is InChI=1S/C29H39N2/c1-9-15-29(7)16-11-12-21(3)27(29)26-14-10-13-25-19-30(24(6)31(25,26)8)28-22(4)17-20(2)18-23(28)5/h10-14,17-19,24H,9,15-16H2,1-8H3/q+1/t24?,29-,31?/m0/s1. The van der Waals surface area contributed by atoms with Crippen LogP contribution in [0.5, 0.6) is 0 Å². The van der Waals surface area contributed by atoms with Crippen LogP contribution in [-0.2, 0) is 0 Å². The number of benzene rings is 1. The molecule has 1 aliphatic carbocycles. The van der Waals surface area contributed by atoms with Crippen LogP contribution in [0.1, 0.15) is 63.6 Å². The summed E-state index contributed by atoms with van der Waals surface area (Å²) in [6.45, 7) is 16.2. The van der Waals surface area contributed by atoms with Gasteiger partial charge >= 0.3 is 0 Å². The number of quaternary nitrogens is 1. The summed E-state index contributed by atoms with van der Waals surface area (Å²) in [4.78, 5) is 2.52. The zero-order valence-electron chi connectivity index (χ0n) is 20.7. The Morgan fingerprint density at radius 1 is 1.10 bits per heavy atom. The lowest BCUT2D eigenvalue weighted by Gasteiger charge is -2.45. The highest BCUT2D eigenvalue weighted by molar-refractivity contribution is 5.64. The van der Waals surface area contributed by atoms with Crippen molar-refractivity contribution in [3.63, 3.8) is 0 Å². The third kappa shape index (κ3) is 3.27. The molecule has 164 valence electrons. The topological polar surface area (TPSA) is 3.24 Å². The van der Waals surface area contributed by atoms with E-state index in [2.05, 4.69) is 109 Å². The van der Waals surface area contributed by atoms with E-state index < -0.39 is 0 Å². The molecule has 0 saturated heterocycles. The number of rotatable bonds is 4. The maximum absolute atomic E-state index is 2.52. The van der Waals surface area contributed by atoms with E-state index in [1.807, 2.05) is 0 Å². The van der Waals surface area contributed by atoms with E-state index in [1.165, 1.54) is 52.2 Å². The molecule has 2 heteroatoms. The Morgan fingerprint density at radius 2 is 1.77 bits per heavy atom. The molecule has 4 rings (SSSR count). The molecule has 2 heterocycles. The van der Waals surface area contributed by atoms with Crippen molar-refractivity contribution in [2.75, 3.05) is 11.9 Å². The van der Waals surface area contributed by atoms with E-state index in [0.717, 1.165) is 10.9 Å². The van der Waals surface area contributed by atoms with Gasteiger partial charge in [-0.05, 0) is 57.2 Å². The van der Waals surface area contributed by atoms with Crippen LogP contribution in [0.4, 0.5) is 5.69 Å². The third-order valence-corrected chi connectivity index (χ3v) is 7.86. The van der Waals surface area contributed by atoms with Crippen molar-refractivity contribution in [2.24, 2.45) is 5.41 Å². The Balaban J connectivity index is 1.85. The van der Waals surface area contributed by atoms with Crippen molar-refractivity contribution in [3.05, 3.63) is 87.9 Å². The van der Waals surface area contributed by atoms with Crippen LogP contribution >= 0.6 is 0 Å². The van der Waals surface area contributed by atoms with Crippen LogP contribution in [0, 0.1) is 26.2 Å². The fourth-order valence-corrected chi connectivity index (χ4v) is 6.36. The Labute approximate surface area is 189 Å². The number of hydrogen-bond donors (Lipinski definition) is 0. The van der Waals surface area contributed by atoms with Gasteiger partial charge in [-0.15, -0.1) is 0 Å². The van der Waals surface area contributed by atoms with Gasteiger partial charge < -0.3 is 0 Å². The molecule has 1 aromatic carbocycles. The molecule has 3 aliphatic rings. The van der Waals surface area contributed by atoms with Gasteiger partial charge in [0.05, 0.1) is 18.9 Å². The largest absolute Gasteiger partial charge is 0.291 e. The fourth-order valence-electron chi connectivity index (χ4n) is 6.36. The summed E-state index contributed by atoms with van der Waals surface area (Å²) in [7, 11) is 2.41. The second-order valence-electron chi connectivity index (χ2n) is 10.3. The molecule has 0 fully saturated rings. The fraction of sp³-hybridized carbons (Fsp3) is 0.448. The minimum Gasteiger partial charge on any atom is -0.291 e. The van der Waals surface area contributed by atoms with Gasteiger partial charge in [-0.25, -0.2) is 4.48 Å². The number of aryl methyl sites for hydroxylation is 3.